The molecule has 0 nitrogen and oxygen atoms in total. The van der Waals surface area contributed by atoms with Gasteiger partial charge in [0, 0.05) is 37.9 Å². The van der Waals surface area contributed by atoms with Crippen LogP contribution >= 0.6 is 23.2 Å². The van der Waals surface area contributed by atoms with Crippen molar-refractivity contribution in [3.63, 3.8) is 0 Å². The zero-order valence-electron chi connectivity index (χ0n) is 33.6. The molecule has 2 fully saturated rings. The van der Waals surface area contributed by atoms with Crippen molar-refractivity contribution in [3.05, 3.63) is 175 Å². The zero-order chi connectivity index (χ0) is 39.5. The second kappa shape index (κ2) is 24.2. The Balaban J connectivity index is 0.000000243. The van der Waals surface area contributed by atoms with Crippen molar-refractivity contribution in [1.82, 2.24) is 0 Å². The van der Waals surface area contributed by atoms with Crippen molar-refractivity contribution >= 4 is 23.2 Å². The topological polar surface area (TPSA) is 0 Å². The molecular weight excluding hydrogens is 732 g/mol. The molecule has 2 saturated carbocycles. The summed E-state index contributed by atoms with van der Waals surface area (Å²) in [6.07, 6.45) is 21.2. The molecule has 0 radical (unpaired) electrons. The maximum absolute atomic E-state index is 5.97. The van der Waals surface area contributed by atoms with Gasteiger partial charge in [-0.25, -0.2) is 0 Å². The fraction of sp³-hybridized carbons (Fsp3) is 0.345. The monoisotopic (exact) mass is 790 g/mol. The van der Waals surface area contributed by atoms with Crippen LogP contribution in [0.1, 0.15) is 160 Å². The highest BCUT2D eigenvalue weighted by Crippen LogP contribution is 2.44. The molecule has 5 aromatic carbocycles. The number of unbranched alkanes of at least 4 members (excludes halogenated alkanes) is 3. The van der Waals surface area contributed by atoms with E-state index in [2.05, 4.69) is 129 Å². The molecule has 0 aliphatic heterocycles. The Kier molecular flexibility index (Phi) is 19.1. The highest BCUT2D eigenvalue weighted by molar-refractivity contribution is 6.33. The van der Waals surface area contributed by atoms with Gasteiger partial charge in [-0.3, -0.25) is 0 Å². The van der Waals surface area contributed by atoms with Crippen LogP contribution in [-0.2, 0) is 19.3 Å². The van der Waals surface area contributed by atoms with Gasteiger partial charge in [0.15, 0.2) is 0 Å². The van der Waals surface area contributed by atoms with Crippen LogP contribution in [0.25, 0.3) is 0 Å². The van der Waals surface area contributed by atoms with Crippen LogP contribution in [-0.4, -0.2) is 0 Å². The molecular formula is C55H60Cl2. The van der Waals surface area contributed by atoms with Crippen molar-refractivity contribution in [2.45, 2.75) is 124 Å². The smallest absolute Gasteiger partial charge is 0.0441 e. The number of halogens is 2. The van der Waals surface area contributed by atoms with Crippen LogP contribution in [0.4, 0.5) is 0 Å². The third kappa shape index (κ3) is 15.7. The Hall–Kier alpha value is -4.64. The van der Waals surface area contributed by atoms with E-state index in [0.29, 0.717) is 11.8 Å². The fourth-order valence-corrected chi connectivity index (χ4v) is 6.86. The Labute approximate surface area is 355 Å². The van der Waals surface area contributed by atoms with Crippen LogP contribution in [0.3, 0.4) is 0 Å². The van der Waals surface area contributed by atoms with E-state index < -0.39 is 0 Å². The number of hydrogen-bond donors (Lipinski definition) is 0. The third-order valence-electron chi connectivity index (χ3n) is 10.2. The van der Waals surface area contributed by atoms with E-state index in [-0.39, 0.29) is 7.43 Å². The first-order chi connectivity index (χ1) is 27.4. The van der Waals surface area contributed by atoms with E-state index in [1.807, 2.05) is 30.3 Å². The maximum atomic E-state index is 5.97. The molecule has 294 valence electrons. The molecule has 57 heavy (non-hydrogen) atoms. The first kappa shape index (κ1) is 45.1. The van der Waals surface area contributed by atoms with Gasteiger partial charge in [-0.1, -0.05) is 137 Å². The molecule has 0 aromatic heterocycles. The number of benzene rings is 5. The van der Waals surface area contributed by atoms with Gasteiger partial charge in [-0.2, -0.15) is 0 Å². The highest BCUT2D eigenvalue weighted by atomic mass is 35.5. The van der Waals surface area contributed by atoms with Gasteiger partial charge < -0.3 is 0 Å². The third-order valence-corrected chi connectivity index (χ3v) is 10.8. The summed E-state index contributed by atoms with van der Waals surface area (Å²) < 4.78 is 0. The molecule has 7 rings (SSSR count). The second-order valence-electron chi connectivity index (χ2n) is 15.1. The second-order valence-corrected chi connectivity index (χ2v) is 15.9. The number of aryl methyl sites for hydroxylation is 3. The zero-order valence-corrected chi connectivity index (χ0v) is 35.1. The van der Waals surface area contributed by atoms with Crippen molar-refractivity contribution in [3.8, 4) is 36.0 Å². The van der Waals surface area contributed by atoms with Gasteiger partial charge in [-0.15, -0.1) is 6.42 Å². The molecule has 0 spiro atoms. The van der Waals surface area contributed by atoms with Gasteiger partial charge in [0.2, 0.25) is 0 Å². The summed E-state index contributed by atoms with van der Waals surface area (Å²) in [6, 6.07) is 37.9. The lowest BCUT2D eigenvalue weighted by molar-refractivity contribution is 0.795. The standard InChI is InChI=1S/C33H34.C12H14.C9H8Cl2.CH4/c1-3-5-7-26-9-13-28(14-10-26)17-18-30-20-22-31(33(25-30)32-23-24-32)21-19-29-15-11-27(12-16-29)8-6-4-2;1-3-5-6-12-9-7-11(4-2)8-10-12;10-7-3-4-9(11)8(5-7)6-1-2-6;/h9-16,20,22,25,32H,3-8,23-24H2,1-2H3;2,7-10H,3,5-6H2,1H3;3-6H,1-2H2;1H4. The summed E-state index contributed by atoms with van der Waals surface area (Å²) in [5.41, 5.74) is 12.1. The Bertz CT molecular complexity index is 2130. The number of rotatable bonds is 11. The van der Waals surface area contributed by atoms with Crippen molar-refractivity contribution in [2.75, 3.05) is 0 Å². The molecule has 0 atom stereocenters. The lowest BCUT2D eigenvalue weighted by Crippen LogP contribution is -1.90. The quantitative estimate of drug-likeness (QED) is 0.117. The lowest BCUT2D eigenvalue weighted by atomic mass is 9.99. The predicted molar refractivity (Wildman–Crippen MR) is 249 cm³/mol. The fourth-order valence-electron chi connectivity index (χ4n) is 6.41. The van der Waals surface area contributed by atoms with Crippen LogP contribution < -0.4 is 0 Å². The van der Waals surface area contributed by atoms with Crippen molar-refractivity contribution in [1.29, 1.82) is 0 Å². The summed E-state index contributed by atoms with van der Waals surface area (Å²) in [5, 5.41) is 1.65. The first-order valence-electron chi connectivity index (χ1n) is 20.7. The lowest BCUT2D eigenvalue weighted by Gasteiger charge is -2.04. The summed E-state index contributed by atoms with van der Waals surface area (Å²) >= 11 is 11.8. The summed E-state index contributed by atoms with van der Waals surface area (Å²) in [4.78, 5) is 0. The Morgan fingerprint density at radius 3 is 1.37 bits per heavy atom. The van der Waals surface area contributed by atoms with Gasteiger partial charge in [-0.05, 0) is 177 Å². The number of hydrogen-bond acceptors (Lipinski definition) is 0. The Morgan fingerprint density at radius 1 is 0.491 bits per heavy atom. The SMILES string of the molecule is C.C#Cc1ccc(CCCC)cc1.CCCCc1ccc(C#Cc2ccc(C#Cc3ccc(CCCC)cc3)c(C3CC3)c2)cc1.Clc1ccc(Cl)c(C2CC2)c1. The largest absolute Gasteiger partial charge is 0.115 e. The summed E-state index contributed by atoms with van der Waals surface area (Å²) in [5.74, 6) is 17.5. The van der Waals surface area contributed by atoms with E-state index >= 15 is 0 Å². The van der Waals surface area contributed by atoms with Crippen LogP contribution in [0.15, 0.2) is 109 Å². The molecule has 2 aliphatic rings. The van der Waals surface area contributed by atoms with Crippen LogP contribution in [0.5, 0.6) is 0 Å². The minimum Gasteiger partial charge on any atom is -0.115 e. The summed E-state index contributed by atoms with van der Waals surface area (Å²) in [7, 11) is 0. The molecule has 5 aromatic rings. The molecule has 2 aliphatic carbocycles. The molecule has 0 saturated heterocycles. The molecule has 0 amide bonds. The van der Waals surface area contributed by atoms with Gasteiger partial charge in [0.05, 0.1) is 0 Å². The number of terminal acetylenes is 1. The maximum Gasteiger partial charge on any atom is 0.0441 e. The van der Waals surface area contributed by atoms with E-state index in [9.17, 15) is 0 Å². The highest BCUT2D eigenvalue weighted by Gasteiger charge is 2.26. The normalized spacial score (nSPS) is 12.4. The van der Waals surface area contributed by atoms with Crippen molar-refractivity contribution in [2.24, 2.45) is 0 Å². The van der Waals surface area contributed by atoms with Crippen LogP contribution in [0.2, 0.25) is 10.0 Å². The van der Waals surface area contributed by atoms with E-state index in [4.69, 9.17) is 29.6 Å². The Morgan fingerprint density at radius 2 is 0.912 bits per heavy atom. The van der Waals surface area contributed by atoms with Gasteiger partial charge >= 0.3 is 0 Å². The van der Waals surface area contributed by atoms with Crippen molar-refractivity contribution < 1.29 is 0 Å². The minimum atomic E-state index is 0. The first-order valence-corrected chi connectivity index (χ1v) is 21.5. The van der Waals surface area contributed by atoms with E-state index in [1.165, 1.54) is 98.4 Å². The molecule has 0 bridgehead atoms. The summed E-state index contributed by atoms with van der Waals surface area (Å²) in [6.45, 7) is 6.67. The predicted octanol–water partition coefficient (Wildman–Crippen LogP) is 15.6. The van der Waals surface area contributed by atoms with E-state index in [1.54, 1.807) is 0 Å². The van der Waals surface area contributed by atoms with Crippen LogP contribution in [0, 0.1) is 36.0 Å². The average molecular weight is 792 g/mol. The molecule has 0 unspecified atom stereocenters. The van der Waals surface area contributed by atoms with Gasteiger partial charge in [0.25, 0.3) is 0 Å². The minimum absolute atomic E-state index is 0. The molecule has 0 N–H and O–H groups in total. The van der Waals surface area contributed by atoms with Gasteiger partial charge in [0.1, 0.15) is 0 Å². The average Bonchev–Trinajstić information content (AvgIpc) is 4.18. The molecule has 2 heteroatoms. The van der Waals surface area contributed by atoms with E-state index in [0.717, 1.165) is 50.7 Å². The molecule has 0 heterocycles.